The summed E-state index contributed by atoms with van der Waals surface area (Å²) in [6, 6.07) is 23.5. The first-order chi connectivity index (χ1) is 14.6. The molecule has 1 aliphatic rings. The lowest BCUT2D eigenvalue weighted by molar-refractivity contribution is 0.0878. The third-order valence-corrected chi connectivity index (χ3v) is 5.02. The molecule has 0 unspecified atom stereocenters. The number of nitrogens with one attached hydrogen (secondary N) is 2. The Morgan fingerprint density at radius 1 is 0.800 bits per heavy atom. The van der Waals surface area contributed by atoms with E-state index >= 15 is 0 Å². The van der Waals surface area contributed by atoms with Crippen molar-refractivity contribution in [1.82, 2.24) is 10.3 Å². The Morgan fingerprint density at radius 2 is 1.53 bits per heavy atom. The number of rotatable bonds is 3. The number of benzene rings is 3. The number of hydrogen-bond acceptors (Lipinski definition) is 4. The van der Waals surface area contributed by atoms with E-state index in [4.69, 9.17) is 4.98 Å². The van der Waals surface area contributed by atoms with Crippen LogP contribution >= 0.6 is 0 Å². The van der Waals surface area contributed by atoms with Gasteiger partial charge in [-0.3, -0.25) is 19.7 Å². The fourth-order valence-electron chi connectivity index (χ4n) is 3.56. The molecule has 0 spiro atoms. The summed E-state index contributed by atoms with van der Waals surface area (Å²) in [6.07, 6.45) is 0. The third-order valence-electron chi connectivity index (χ3n) is 5.02. The van der Waals surface area contributed by atoms with E-state index in [1.165, 1.54) is 12.1 Å². The molecule has 30 heavy (non-hydrogen) atoms. The van der Waals surface area contributed by atoms with Crippen LogP contribution in [0.1, 0.15) is 31.1 Å². The Morgan fingerprint density at radius 3 is 2.37 bits per heavy atom. The Kier molecular flexibility index (Phi) is 4.10. The van der Waals surface area contributed by atoms with Crippen molar-refractivity contribution in [3.8, 4) is 11.3 Å². The maximum atomic E-state index is 13.2. The van der Waals surface area contributed by atoms with E-state index in [1.54, 1.807) is 12.1 Å². The second-order valence-electron chi connectivity index (χ2n) is 6.94. The fraction of sp³-hybridized carbons (Fsp3) is 0. The van der Waals surface area contributed by atoms with Crippen LogP contribution in [0.3, 0.4) is 0 Å². The number of anilines is 1. The van der Waals surface area contributed by atoms with Crippen molar-refractivity contribution in [3.63, 3.8) is 0 Å². The van der Waals surface area contributed by atoms with Crippen molar-refractivity contribution in [2.24, 2.45) is 0 Å². The highest BCUT2D eigenvalue weighted by Crippen LogP contribution is 2.26. The second-order valence-corrected chi connectivity index (χ2v) is 6.94. The number of hydrogen-bond donors (Lipinski definition) is 2. The Hall–Kier alpha value is -4.32. The number of pyridine rings is 1. The van der Waals surface area contributed by atoms with Gasteiger partial charge in [-0.25, -0.2) is 4.98 Å². The fourth-order valence-corrected chi connectivity index (χ4v) is 3.56. The molecule has 5 rings (SSSR count). The molecular weight excluding hydrogens is 378 g/mol. The first kappa shape index (κ1) is 17.8. The number of para-hydroxylation sites is 1. The molecule has 1 aromatic heterocycles. The standard InChI is InChI=1S/C24H15N3O3/c28-22-17-11-10-15(12-18(17)24(30)27-22)25-23(29)19-13-21(14-6-2-1-3-7-14)26-20-9-5-4-8-16(19)20/h1-13H,(H,25,29)(H,27,28,30). The lowest BCUT2D eigenvalue weighted by Gasteiger charge is -2.11. The molecule has 0 aliphatic carbocycles. The van der Waals surface area contributed by atoms with E-state index in [1.807, 2.05) is 54.6 Å². The number of carbonyl (C=O) groups is 3. The number of carbonyl (C=O) groups excluding carboxylic acids is 3. The Labute approximate surface area is 171 Å². The molecule has 3 aromatic carbocycles. The lowest BCUT2D eigenvalue weighted by atomic mass is 10.0. The quantitative estimate of drug-likeness (QED) is 0.514. The predicted octanol–water partition coefficient (Wildman–Crippen LogP) is 4.04. The smallest absolute Gasteiger partial charge is 0.259 e. The summed E-state index contributed by atoms with van der Waals surface area (Å²) in [5.74, 6) is -1.22. The highest BCUT2D eigenvalue weighted by Gasteiger charge is 2.27. The van der Waals surface area contributed by atoms with Gasteiger partial charge in [-0.1, -0.05) is 48.5 Å². The van der Waals surface area contributed by atoms with Crippen LogP contribution in [0.2, 0.25) is 0 Å². The number of nitrogens with zero attached hydrogens (tertiary/aromatic N) is 1. The molecule has 1 aliphatic heterocycles. The molecule has 0 fully saturated rings. The van der Waals surface area contributed by atoms with Gasteiger partial charge in [0.1, 0.15) is 0 Å². The van der Waals surface area contributed by atoms with Gasteiger partial charge in [-0.2, -0.15) is 0 Å². The second kappa shape index (κ2) is 6.93. The molecule has 4 aromatic rings. The summed E-state index contributed by atoms with van der Waals surface area (Å²) in [5.41, 5.74) is 3.78. The van der Waals surface area contributed by atoms with Crippen LogP contribution in [0.5, 0.6) is 0 Å². The number of fused-ring (bicyclic) bond motifs is 2. The van der Waals surface area contributed by atoms with Crippen LogP contribution in [-0.2, 0) is 0 Å². The van der Waals surface area contributed by atoms with Crippen molar-refractivity contribution < 1.29 is 14.4 Å². The van der Waals surface area contributed by atoms with Crippen molar-refractivity contribution in [3.05, 3.63) is 95.6 Å². The summed E-state index contributed by atoms with van der Waals surface area (Å²) in [7, 11) is 0. The van der Waals surface area contributed by atoms with Crippen LogP contribution in [0, 0.1) is 0 Å². The normalized spacial score (nSPS) is 12.5. The highest BCUT2D eigenvalue weighted by atomic mass is 16.2. The van der Waals surface area contributed by atoms with Crippen LogP contribution in [0.15, 0.2) is 78.9 Å². The maximum absolute atomic E-state index is 13.2. The summed E-state index contributed by atoms with van der Waals surface area (Å²) < 4.78 is 0. The summed E-state index contributed by atoms with van der Waals surface area (Å²) in [4.78, 5) is 41.5. The highest BCUT2D eigenvalue weighted by molar-refractivity contribution is 6.22. The summed E-state index contributed by atoms with van der Waals surface area (Å²) in [6.45, 7) is 0. The van der Waals surface area contributed by atoms with Gasteiger partial charge in [0.2, 0.25) is 0 Å². The van der Waals surface area contributed by atoms with Gasteiger partial charge in [-0.15, -0.1) is 0 Å². The topological polar surface area (TPSA) is 88.2 Å². The van der Waals surface area contributed by atoms with E-state index in [9.17, 15) is 14.4 Å². The van der Waals surface area contributed by atoms with Crippen molar-refractivity contribution in [1.29, 1.82) is 0 Å². The van der Waals surface area contributed by atoms with Crippen molar-refractivity contribution >= 4 is 34.3 Å². The van der Waals surface area contributed by atoms with Gasteiger partial charge in [0.25, 0.3) is 17.7 Å². The predicted molar refractivity (Wildman–Crippen MR) is 113 cm³/mol. The monoisotopic (exact) mass is 393 g/mol. The first-order valence-electron chi connectivity index (χ1n) is 9.36. The van der Waals surface area contributed by atoms with E-state index in [-0.39, 0.29) is 11.5 Å². The minimum absolute atomic E-state index is 0.252. The lowest BCUT2D eigenvalue weighted by Crippen LogP contribution is -2.19. The molecule has 2 N–H and O–H groups in total. The SMILES string of the molecule is O=C1NC(=O)c2cc(NC(=O)c3cc(-c4ccccc4)nc4ccccc34)ccc21. The number of amides is 3. The Balaban J connectivity index is 1.56. The van der Waals surface area contributed by atoms with Gasteiger partial charge < -0.3 is 5.32 Å². The zero-order valence-corrected chi connectivity index (χ0v) is 15.7. The molecule has 0 saturated heterocycles. The molecule has 144 valence electrons. The molecule has 2 heterocycles. The summed E-state index contributed by atoms with van der Waals surface area (Å²) >= 11 is 0. The van der Waals surface area contributed by atoms with E-state index in [2.05, 4.69) is 10.6 Å². The molecule has 6 nitrogen and oxygen atoms in total. The molecule has 0 radical (unpaired) electrons. The molecule has 0 atom stereocenters. The number of imide groups is 1. The van der Waals surface area contributed by atoms with Crippen LogP contribution in [-0.4, -0.2) is 22.7 Å². The van der Waals surface area contributed by atoms with Crippen LogP contribution < -0.4 is 10.6 Å². The van der Waals surface area contributed by atoms with E-state index < -0.39 is 11.8 Å². The largest absolute Gasteiger partial charge is 0.322 e. The average Bonchev–Trinajstić information content (AvgIpc) is 3.06. The van der Waals surface area contributed by atoms with Crippen molar-refractivity contribution in [2.75, 3.05) is 5.32 Å². The first-order valence-corrected chi connectivity index (χ1v) is 9.36. The van der Waals surface area contributed by atoms with Crippen LogP contribution in [0.4, 0.5) is 5.69 Å². The van der Waals surface area contributed by atoms with E-state index in [0.29, 0.717) is 28.0 Å². The average molecular weight is 393 g/mol. The Bertz CT molecular complexity index is 1350. The maximum Gasteiger partial charge on any atom is 0.259 e. The minimum Gasteiger partial charge on any atom is -0.322 e. The molecular formula is C24H15N3O3. The van der Waals surface area contributed by atoms with Gasteiger partial charge in [0.15, 0.2) is 0 Å². The molecule has 0 bridgehead atoms. The van der Waals surface area contributed by atoms with Gasteiger partial charge >= 0.3 is 0 Å². The van der Waals surface area contributed by atoms with E-state index in [0.717, 1.165) is 10.9 Å². The summed E-state index contributed by atoms with van der Waals surface area (Å²) in [5, 5.41) is 5.81. The van der Waals surface area contributed by atoms with Crippen molar-refractivity contribution in [2.45, 2.75) is 0 Å². The molecule has 3 amide bonds. The van der Waals surface area contributed by atoms with Gasteiger partial charge in [0, 0.05) is 16.6 Å². The third kappa shape index (κ3) is 3.00. The minimum atomic E-state index is -0.466. The van der Waals surface area contributed by atoms with Gasteiger partial charge in [0.05, 0.1) is 27.9 Å². The zero-order valence-electron chi connectivity index (χ0n) is 15.7. The van der Waals surface area contributed by atoms with Gasteiger partial charge in [-0.05, 0) is 30.3 Å². The molecule has 6 heteroatoms. The number of aromatic nitrogens is 1. The zero-order chi connectivity index (χ0) is 20.7. The van der Waals surface area contributed by atoms with Crippen LogP contribution in [0.25, 0.3) is 22.2 Å². The molecule has 0 saturated carbocycles.